The molecular weight excluding hydrogens is 372 g/mol. The first kappa shape index (κ1) is 20.5. The van der Waals surface area contributed by atoms with Crippen LogP contribution in [0.25, 0.3) is 6.08 Å². The Morgan fingerprint density at radius 3 is 2.70 bits per heavy atom. The Kier molecular flexibility index (Phi) is 4.83. The molecule has 0 radical (unpaired) electrons. The fraction of sp³-hybridized carbons (Fsp3) is 0.731. The van der Waals surface area contributed by atoms with Crippen LogP contribution in [0.15, 0.2) is 23.4 Å². The summed E-state index contributed by atoms with van der Waals surface area (Å²) in [5.74, 6) is 1.88. The first-order valence-corrected chi connectivity index (χ1v) is 12.1. The van der Waals surface area contributed by atoms with Crippen molar-refractivity contribution < 1.29 is 10.2 Å². The largest absolute Gasteiger partial charge is 0.393 e. The van der Waals surface area contributed by atoms with E-state index in [4.69, 9.17) is 0 Å². The molecule has 30 heavy (non-hydrogen) atoms. The molecule has 4 aliphatic carbocycles. The molecule has 4 heteroatoms. The highest BCUT2D eigenvalue weighted by atomic mass is 16.3. The van der Waals surface area contributed by atoms with Crippen molar-refractivity contribution in [3.05, 3.63) is 34.7 Å². The fourth-order valence-electron chi connectivity index (χ4n) is 7.76. The molecule has 3 saturated carbocycles. The van der Waals surface area contributed by atoms with E-state index in [2.05, 4.69) is 44.9 Å². The highest BCUT2D eigenvalue weighted by Crippen LogP contribution is 2.65. The van der Waals surface area contributed by atoms with Gasteiger partial charge in [0.15, 0.2) is 0 Å². The zero-order valence-corrected chi connectivity index (χ0v) is 19.1. The molecule has 1 aromatic rings. The lowest BCUT2D eigenvalue weighted by Crippen LogP contribution is -2.51. The van der Waals surface area contributed by atoms with Gasteiger partial charge in [0.05, 0.1) is 18.4 Å². The van der Waals surface area contributed by atoms with E-state index in [0.717, 1.165) is 50.6 Å². The number of fused-ring (bicyclic) bond motifs is 5. The predicted molar refractivity (Wildman–Crippen MR) is 120 cm³/mol. The van der Waals surface area contributed by atoms with Crippen LogP contribution in [-0.4, -0.2) is 32.2 Å². The van der Waals surface area contributed by atoms with Gasteiger partial charge in [-0.05, 0) is 93.6 Å². The van der Waals surface area contributed by atoms with Crippen LogP contribution >= 0.6 is 0 Å². The number of aryl methyl sites for hydroxylation is 1. The monoisotopic (exact) mass is 410 g/mol. The molecule has 3 fully saturated rings. The van der Waals surface area contributed by atoms with Gasteiger partial charge >= 0.3 is 0 Å². The van der Waals surface area contributed by atoms with Crippen LogP contribution in [0, 0.1) is 35.5 Å². The highest BCUT2D eigenvalue weighted by molar-refractivity contribution is 5.57. The van der Waals surface area contributed by atoms with Gasteiger partial charge < -0.3 is 10.2 Å². The zero-order valence-electron chi connectivity index (χ0n) is 19.1. The number of rotatable bonds is 2. The standard InChI is InChI=1S/C26H38N2O2/c1-5-28-16(2)18(15-27-28)12-17-13-23-21-7-6-19-14-20(29)8-10-25(19,3)22(21)9-11-26(23,4)24(17)30/h6,12,15,20-24,29-30H,5,7-11,13-14H2,1-4H3/b17-12-/t20-,21-,22+,23+,24+,25-,26+/m0/s1. The molecule has 0 spiro atoms. The number of nitrogens with zero attached hydrogens (tertiary/aromatic N) is 2. The van der Waals surface area contributed by atoms with Crippen LogP contribution in [-0.2, 0) is 6.54 Å². The van der Waals surface area contributed by atoms with Crippen molar-refractivity contribution >= 4 is 6.08 Å². The molecule has 0 aliphatic heterocycles. The Labute approximate surface area is 181 Å². The second kappa shape index (κ2) is 7.06. The average molecular weight is 411 g/mol. The van der Waals surface area contributed by atoms with Crippen molar-refractivity contribution in [1.29, 1.82) is 0 Å². The Morgan fingerprint density at radius 2 is 1.97 bits per heavy atom. The van der Waals surface area contributed by atoms with Crippen molar-refractivity contribution in [2.24, 2.45) is 28.6 Å². The third-order valence-corrected chi connectivity index (χ3v) is 9.73. The molecule has 0 saturated heterocycles. The maximum absolute atomic E-state index is 11.4. The Balaban J connectivity index is 1.47. The summed E-state index contributed by atoms with van der Waals surface area (Å²) < 4.78 is 2.03. The number of allylic oxidation sites excluding steroid dienone is 1. The quantitative estimate of drug-likeness (QED) is 0.683. The van der Waals surface area contributed by atoms with E-state index in [1.165, 1.54) is 23.3 Å². The molecule has 164 valence electrons. The lowest BCUT2D eigenvalue weighted by molar-refractivity contribution is -0.0685. The Bertz CT molecular complexity index is 899. The van der Waals surface area contributed by atoms with Gasteiger partial charge in [0, 0.05) is 23.2 Å². The zero-order chi connectivity index (χ0) is 21.3. The molecule has 2 N–H and O–H groups in total. The molecule has 4 aliphatic rings. The predicted octanol–water partition coefficient (Wildman–Crippen LogP) is 4.89. The van der Waals surface area contributed by atoms with Crippen LogP contribution in [0.1, 0.15) is 77.0 Å². The topological polar surface area (TPSA) is 58.3 Å². The van der Waals surface area contributed by atoms with Crippen LogP contribution in [0.4, 0.5) is 0 Å². The lowest BCUT2D eigenvalue weighted by atomic mass is 9.48. The molecule has 0 bridgehead atoms. The average Bonchev–Trinajstić information content (AvgIpc) is 3.20. The SMILES string of the molecule is CCn1ncc(/C=C2/C[C@@H]3[C@H]4CC=C5C[C@@H](O)CC[C@]5(C)[C@@H]4CC[C@@]3(C)[C@@H]2O)c1C. The van der Waals surface area contributed by atoms with Gasteiger partial charge in [-0.25, -0.2) is 0 Å². The minimum Gasteiger partial charge on any atom is -0.393 e. The van der Waals surface area contributed by atoms with E-state index < -0.39 is 0 Å². The van der Waals surface area contributed by atoms with Gasteiger partial charge in [0.25, 0.3) is 0 Å². The molecule has 1 aromatic heterocycles. The van der Waals surface area contributed by atoms with E-state index in [-0.39, 0.29) is 23.0 Å². The Morgan fingerprint density at radius 1 is 1.17 bits per heavy atom. The number of aliphatic hydroxyl groups is 2. The highest BCUT2D eigenvalue weighted by Gasteiger charge is 2.59. The molecule has 7 atom stereocenters. The molecule has 0 amide bonds. The van der Waals surface area contributed by atoms with Crippen LogP contribution in [0.3, 0.4) is 0 Å². The number of hydrogen-bond acceptors (Lipinski definition) is 3. The molecule has 0 aromatic carbocycles. The van der Waals surface area contributed by atoms with Crippen molar-refractivity contribution in [2.75, 3.05) is 0 Å². The summed E-state index contributed by atoms with van der Waals surface area (Å²) in [4.78, 5) is 0. The summed E-state index contributed by atoms with van der Waals surface area (Å²) in [6, 6.07) is 0. The molecular formula is C26H38N2O2. The van der Waals surface area contributed by atoms with Crippen molar-refractivity contribution in [1.82, 2.24) is 9.78 Å². The summed E-state index contributed by atoms with van der Waals surface area (Å²) in [5.41, 5.74) is 5.30. The first-order chi connectivity index (χ1) is 14.3. The van der Waals surface area contributed by atoms with Crippen LogP contribution in [0.2, 0.25) is 0 Å². The van der Waals surface area contributed by atoms with E-state index in [0.29, 0.717) is 17.8 Å². The van der Waals surface area contributed by atoms with E-state index >= 15 is 0 Å². The summed E-state index contributed by atoms with van der Waals surface area (Å²) in [6.45, 7) is 9.93. The summed E-state index contributed by atoms with van der Waals surface area (Å²) >= 11 is 0. The third-order valence-electron chi connectivity index (χ3n) is 9.73. The number of aliphatic hydroxyl groups excluding tert-OH is 2. The summed E-state index contributed by atoms with van der Waals surface area (Å²) in [6.07, 6.45) is 13.5. The van der Waals surface area contributed by atoms with Crippen molar-refractivity contribution in [3.8, 4) is 0 Å². The number of aromatic nitrogens is 2. The van der Waals surface area contributed by atoms with Gasteiger partial charge in [-0.2, -0.15) is 5.10 Å². The normalized spacial score (nSPS) is 44.4. The maximum atomic E-state index is 11.4. The summed E-state index contributed by atoms with van der Waals surface area (Å²) in [7, 11) is 0. The lowest BCUT2D eigenvalue weighted by Gasteiger charge is -2.57. The van der Waals surface area contributed by atoms with Gasteiger partial charge in [0.1, 0.15) is 0 Å². The van der Waals surface area contributed by atoms with Crippen molar-refractivity contribution in [3.63, 3.8) is 0 Å². The maximum Gasteiger partial charge on any atom is 0.0809 e. The second-order valence-electron chi connectivity index (χ2n) is 11.0. The van der Waals surface area contributed by atoms with Gasteiger partial charge in [-0.1, -0.05) is 25.5 Å². The molecule has 5 rings (SSSR count). The minimum absolute atomic E-state index is 0.0163. The number of hydrogen-bond donors (Lipinski definition) is 2. The van der Waals surface area contributed by atoms with E-state index in [1.807, 2.05) is 10.9 Å². The summed E-state index contributed by atoms with van der Waals surface area (Å²) in [5, 5.41) is 26.1. The van der Waals surface area contributed by atoms with Crippen LogP contribution in [0.5, 0.6) is 0 Å². The minimum atomic E-state index is -0.348. The first-order valence-electron chi connectivity index (χ1n) is 12.1. The van der Waals surface area contributed by atoms with Gasteiger partial charge in [0.2, 0.25) is 0 Å². The van der Waals surface area contributed by atoms with E-state index in [1.54, 1.807) is 0 Å². The molecule has 4 nitrogen and oxygen atoms in total. The molecule has 1 heterocycles. The Hall–Kier alpha value is -1.39. The third kappa shape index (κ3) is 2.82. The van der Waals surface area contributed by atoms with Crippen molar-refractivity contribution in [2.45, 2.75) is 91.4 Å². The van der Waals surface area contributed by atoms with Gasteiger partial charge in [-0.3, -0.25) is 4.68 Å². The second-order valence-corrected chi connectivity index (χ2v) is 11.0. The van der Waals surface area contributed by atoms with E-state index in [9.17, 15) is 10.2 Å². The fourth-order valence-corrected chi connectivity index (χ4v) is 7.76. The smallest absolute Gasteiger partial charge is 0.0809 e. The van der Waals surface area contributed by atoms with Gasteiger partial charge in [-0.15, -0.1) is 0 Å². The van der Waals surface area contributed by atoms with Crippen LogP contribution < -0.4 is 0 Å². The molecule has 0 unspecified atom stereocenters.